The van der Waals surface area contributed by atoms with Crippen LogP contribution in [0.3, 0.4) is 0 Å². The summed E-state index contributed by atoms with van der Waals surface area (Å²) in [5.41, 5.74) is 4.10. The quantitative estimate of drug-likeness (QED) is 0.496. The number of hydrogen-bond acceptors (Lipinski definition) is 0. The molecular formula is C20H28. The third-order valence-corrected chi connectivity index (χ3v) is 7.32. The lowest BCUT2D eigenvalue weighted by atomic mass is 9.49. The Morgan fingerprint density at radius 2 is 2.00 bits per heavy atom. The van der Waals surface area contributed by atoms with Gasteiger partial charge in [-0.15, -0.1) is 0 Å². The molecule has 0 heteroatoms. The zero-order valence-electron chi connectivity index (χ0n) is 13.1. The van der Waals surface area contributed by atoms with Gasteiger partial charge in [0.15, 0.2) is 0 Å². The summed E-state index contributed by atoms with van der Waals surface area (Å²) < 4.78 is 0. The standard InChI is InChI=1S/C20H28/c1-14-6-7-15-8-9-16-17-5-4-11-19(17,2)12-10-18(16)20(15,3)13-14/h7-9,16-18H,1,4-6,10-13H2,2-3H3/t16-,17-,18-,19-,20-/m0/s1. The molecule has 0 aliphatic heterocycles. The molecule has 2 fully saturated rings. The summed E-state index contributed by atoms with van der Waals surface area (Å²) in [4.78, 5) is 0. The average Bonchev–Trinajstić information content (AvgIpc) is 2.79. The molecule has 0 aromatic carbocycles. The van der Waals surface area contributed by atoms with Crippen molar-refractivity contribution in [2.24, 2.45) is 28.6 Å². The monoisotopic (exact) mass is 268 g/mol. The second-order valence-electron chi connectivity index (χ2n) is 8.44. The van der Waals surface area contributed by atoms with Gasteiger partial charge in [0.1, 0.15) is 0 Å². The van der Waals surface area contributed by atoms with Crippen molar-refractivity contribution < 1.29 is 0 Å². The third-order valence-electron chi connectivity index (χ3n) is 7.32. The maximum Gasteiger partial charge on any atom is -0.000737 e. The number of fused-ring (bicyclic) bond motifs is 5. The highest BCUT2D eigenvalue weighted by molar-refractivity contribution is 5.38. The lowest BCUT2D eigenvalue weighted by molar-refractivity contribution is 0.00949. The van der Waals surface area contributed by atoms with Gasteiger partial charge in [-0.05, 0) is 72.7 Å². The van der Waals surface area contributed by atoms with Gasteiger partial charge >= 0.3 is 0 Å². The minimum Gasteiger partial charge on any atom is -0.0995 e. The van der Waals surface area contributed by atoms with Crippen LogP contribution in [-0.2, 0) is 0 Å². The van der Waals surface area contributed by atoms with E-state index in [0.29, 0.717) is 10.8 Å². The van der Waals surface area contributed by atoms with Crippen LogP contribution < -0.4 is 0 Å². The predicted molar refractivity (Wildman–Crippen MR) is 85.4 cm³/mol. The molecule has 0 unspecified atom stereocenters. The van der Waals surface area contributed by atoms with Crippen LogP contribution in [-0.4, -0.2) is 0 Å². The first kappa shape index (κ1) is 12.9. The molecule has 0 aromatic heterocycles. The topological polar surface area (TPSA) is 0 Å². The summed E-state index contributed by atoms with van der Waals surface area (Å²) in [6.45, 7) is 9.40. The molecule has 0 amide bonds. The minimum atomic E-state index is 0.388. The highest BCUT2D eigenvalue weighted by atomic mass is 14.6. The molecule has 4 rings (SSSR count). The van der Waals surface area contributed by atoms with Crippen LogP contribution in [0.2, 0.25) is 0 Å². The van der Waals surface area contributed by atoms with Crippen LogP contribution in [0, 0.1) is 28.6 Å². The SMILES string of the molecule is C=C1CC=C2C=C[C@H]3[C@@H]4CCC[C@@]4(C)CC[C@@H]3[C@@]2(C)C1. The van der Waals surface area contributed by atoms with Gasteiger partial charge in [-0.3, -0.25) is 0 Å². The summed E-state index contributed by atoms with van der Waals surface area (Å²) in [5, 5.41) is 0. The van der Waals surface area contributed by atoms with Gasteiger partial charge in [0.05, 0.1) is 0 Å². The molecule has 0 radical (unpaired) electrons. The first-order chi connectivity index (χ1) is 9.53. The van der Waals surface area contributed by atoms with E-state index in [2.05, 4.69) is 38.7 Å². The van der Waals surface area contributed by atoms with E-state index in [1.807, 2.05) is 0 Å². The van der Waals surface area contributed by atoms with Gasteiger partial charge < -0.3 is 0 Å². The fraction of sp³-hybridized carbons (Fsp3) is 0.700. The van der Waals surface area contributed by atoms with E-state index in [0.717, 1.165) is 24.2 Å². The van der Waals surface area contributed by atoms with Gasteiger partial charge in [-0.2, -0.15) is 0 Å². The van der Waals surface area contributed by atoms with Crippen LogP contribution in [0.1, 0.15) is 58.8 Å². The van der Waals surface area contributed by atoms with E-state index in [9.17, 15) is 0 Å². The van der Waals surface area contributed by atoms with Crippen molar-refractivity contribution in [3.05, 3.63) is 36.0 Å². The summed E-state index contributed by atoms with van der Waals surface area (Å²) in [5.74, 6) is 2.65. The van der Waals surface area contributed by atoms with E-state index >= 15 is 0 Å². The lowest BCUT2D eigenvalue weighted by Crippen LogP contribution is -2.47. The largest absolute Gasteiger partial charge is 0.0995 e. The van der Waals surface area contributed by atoms with Gasteiger partial charge in [-0.25, -0.2) is 0 Å². The molecule has 4 aliphatic carbocycles. The van der Waals surface area contributed by atoms with E-state index in [-0.39, 0.29) is 0 Å². The minimum absolute atomic E-state index is 0.388. The van der Waals surface area contributed by atoms with Crippen LogP contribution in [0.15, 0.2) is 36.0 Å². The van der Waals surface area contributed by atoms with E-state index in [1.54, 1.807) is 5.57 Å². The summed E-state index contributed by atoms with van der Waals surface area (Å²) in [6.07, 6.45) is 17.2. The summed E-state index contributed by atoms with van der Waals surface area (Å²) in [6, 6.07) is 0. The molecule has 5 atom stereocenters. The molecule has 0 heterocycles. The predicted octanol–water partition coefficient (Wildman–Crippen LogP) is 5.67. The molecular weight excluding hydrogens is 240 g/mol. The van der Waals surface area contributed by atoms with Crippen molar-refractivity contribution in [2.75, 3.05) is 0 Å². The first-order valence-electron chi connectivity index (χ1n) is 8.58. The van der Waals surface area contributed by atoms with Crippen molar-refractivity contribution in [3.8, 4) is 0 Å². The van der Waals surface area contributed by atoms with E-state index in [4.69, 9.17) is 0 Å². The maximum absolute atomic E-state index is 4.30. The van der Waals surface area contributed by atoms with Crippen molar-refractivity contribution in [1.82, 2.24) is 0 Å². The summed E-state index contributed by atoms with van der Waals surface area (Å²) in [7, 11) is 0. The summed E-state index contributed by atoms with van der Waals surface area (Å²) >= 11 is 0. The molecule has 0 saturated heterocycles. The second kappa shape index (κ2) is 4.12. The van der Waals surface area contributed by atoms with Crippen LogP contribution >= 0.6 is 0 Å². The molecule has 0 nitrogen and oxygen atoms in total. The van der Waals surface area contributed by atoms with Crippen LogP contribution in [0.4, 0.5) is 0 Å². The zero-order chi connectivity index (χ0) is 14.0. The Hall–Kier alpha value is -0.780. The molecule has 108 valence electrons. The number of allylic oxidation sites excluding steroid dienone is 5. The Morgan fingerprint density at radius 1 is 1.15 bits per heavy atom. The average molecular weight is 268 g/mol. The Balaban J connectivity index is 1.76. The van der Waals surface area contributed by atoms with Crippen molar-refractivity contribution in [1.29, 1.82) is 0 Å². The van der Waals surface area contributed by atoms with Gasteiger partial charge in [0.2, 0.25) is 0 Å². The zero-order valence-corrected chi connectivity index (χ0v) is 13.1. The fourth-order valence-corrected chi connectivity index (χ4v) is 6.20. The Morgan fingerprint density at radius 3 is 2.85 bits per heavy atom. The highest BCUT2D eigenvalue weighted by Crippen LogP contribution is 2.63. The van der Waals surface area contributed by atoms with Gasteiger partial charge in [-0.1, -0.05) is 50.6 Å². The molecule has 4 aliphatic rings. The second-order valence-corrected chi connectivity index (χ2v) is 8.44. The molecule has 0 N–H and O–H groups in total. The Labute approximate surface area is 124 Å². The molecule has 0 aromatic rings. The Kier molecular flexibility index (Phi) is 2.66. The van der Waals surface area contributed by atoms with Crippen LogP contribution in [0.25, 0.3) is 0 Å². The first-order valence-corrected chi connectivity index (χ1v) is 8.58. The lowest BCUT2D eigenvalue weighted by Gasteiger charge is -2.55. The number of hydrogen-bond donors (Lipinski definition) is 0. The normalized spacial score (nSPS) is 50.2. The van der Waals surface area contributed by atoms with Crippen molar-refractivity contribution in [3.63, 3.8) is 0 Å². The Bertz CT molecular complexity index is 508. The van der Waals surface area contributed by atoms with Gasteiger partial charge in [0.25, 0.3) is 0 Å². The maximum atomic E-state index is 4.30. The molecule has 0 spiro atoms. The van der Waals surface area contributed by atoms with Gasteiger partial charge in [0, 0.05) is 0 Å². The van der Waals surface area contributed by atoms with Crippen LogP contribution in [0.5, 0.6) is 0 Å². The highest BCUT2D eigenvalue weighted by Gasteiger charge is 2.54. The van der Waals surface area contributed by atoms with Crippen molar-refractivity contribution >= 4 is 0 Å². The third kappa shape index (κ3) is 1.60. The number of rotatable bonds is 0. The fourth-order valence-electron chi connectivity index (χ4n) is 6.20. The molecule has 2 saturated carbocycles. The molecule has 0 bridgehead atoms. The van der Waals surface area contributed by atoms with E-state index < -0.39 is 0 Å². The van der Waals surface area contributed by atoms with E-state index in [1.165, 1.54) is 44.1 Å². The smallest absolute Gasteiger partial charge is 0.000737 e. The van der Waals surface area contributed by atoms with Crippen molar-refractivity contribution in [2.45, 2.75) is 58.8 Å². The molecule has 20 heavy (non-hydrogen) atoms.